The average molecular weight is 265 g/mol. The molecule has 0 bridgehead atoms. The van der Waals surface area contributed by atoms with Gasteiger partial charge in [-0.25, -0.2) is 0 Å². The first kappa shape index (κ1) is 11.2. The number of carbonyl (C=O) groups excluding carboxylic acids is 1. The van der Waals surface area contributed by atoms with E-state index in [1.807, 2.05) is 0 Å². The van der Waals surface area contributed by atoms with Crippen LogP contribution in [0.15, 0.2) is 28.9 Å². The summed E-state index contributed by atoms with van der Waals surface area (Å²) in [5, 5.41) is 7.56. The zero-order valence-electron chi connectivity index (χ0n) is 9.28. The highest BCUT2D eigenvalue weighted by Crippen LogP contribution is 2.26. The summed E-state index contributed by atoms with van der Waals surface area (Å²) in [6, 6.07) is 3.76. The molecule has 2 aromatic rings. The van der Waals surface area contributed by atoms with E-state index >= 15 is 0 Å². The SMILES string of the molecule is O=C1CC(Cl)CN1c1nnc(-c2cccnc2)o1. The lowest BCUT2D eigenvalue weighted by molar-refractivity contribution is -0.117. The number of carbonyl (C=O) groups is 1. The molecule has 0 spiro atoms. The summed E-state index contributed by atoms with van der Waals surface area (Å²) >= 11 is 5.91. The number of hydrogen-bond donors (Lipinski definition) is 0. The number of amides is 1. The molecule has 1 aliphatic rings. The average Bonchev–Trinajstić information content (AvgIpc) is 2.97. The van der Waals surface area contributed by atoms with Crippen LogP contribution in [0.4, 0.5) is 6.01 Å². The Morgan fingerprint density at radius 1 is 1.44 bits per heavy atom. The highest BCUT2D eigenvalue weighted by molar-refractivity contribution is 6.24. The van der Waals surface area contributed by atoms with E-state index in [2.05, 4.69) is 15.2 Å². The molecule has 1 aliphatic heterocycles. The second kappa shape index (κ2) is 4.38. The Kier molecular flexibility index (Phi) is 2.71. The summed E-state index contributed by atoms with van der Waals surface area (Å²) in [5.74, 6) is 0.236. The molecule has 0 aliphatic carbocycles. The molecular formula is C11H9ClN4O2. The first-order valence-corrected chi connectivity index (χ1v) is 5.86. The van der Waals surface area contributed by atoms with Crippen molar-refractivity contribution in [3.8, 4) is 11.5 Å². The van der Waals surface area contributed by atoms with Crippen molar-refractivity contribution in [2.24, 2.45) is 0 Å². The van der Waals surface area contributed by atoms with Gasteiger partial charge >= 0.3 is 6.01 Å². The Balaban J connectivity index is 1.88. The fourth-order valence-electron chi connectivity index (χ4n) is 1.78. The molecule has 0 saturated carbocycles. The third kappa shape index (κ3) is 1.95. The summed E-state index contributed by atoms with van der Waals surface area (Å²) in [6.45, 7) is 0.398. The molecule has 1 amide bonds. The third-order valence-corrected chi connectivity index (χ3v) is 2.92. The van der Waals surface area contributed by atoms with Crippen LogP contribution in [0.1, 0.15) is 6.42 Å². The number of pyridine rings is 1. The Labute approximate surface area is 108 Å². The molecule has 1 saturated heterocycles. The molecule has 7 heteroatoms. The molecular weight excluding hydrogens is 256 g/mol. The first-order chi connectivity index (χ1) is 8.74. The van der Waals surface area contributed by atoms with Crippen LogP contribution >= 0.6 is 11.6 Å². The normalized spacial score (nSPS) is 19.5. The van der Waals surface area contributed by atoms with Crippen LogP contribution in [0.3, 0.4) is 0 Å². The van der Waals surface area contributed by atoms with E-state index in [1.54, 1.807) is 24.5 Å². The summed E-state index contributed by atoms with van der Waals surface area (Å²) in [7, 11) is 0. The number of nitrogens with zero attached hydrogens (tertiary/aromatic N) is 4. The minimum Gasteiger partial charge on any atom is -0.403 e. The van der Waals surface area contributed by atoms with Gasteiger partial charge in [0.25, 0.3) is 5.89 Å². The Morgan fingerprint density at radius 2 is 2.33 bits per heavy atom. The molecule has 0 radical (unpaired) electrons. The van der Waals surface area contributed by atoms with Gasteiger partial charge in [0, 0.05) is 25.4 Å². The molecule has 3 heterocycles. The van der Waals surface area contributed by atoms with Gasteiger partial charge in [0.05, 0.1) is 10.9 Å². The Hall–Kier alpha value is -1.95. The molecule has 0 N–H and O–H groups in total. The second-order valence-corrected chi connectivity index (χ2v) is 4.55. The third-order valence-electron chi connectivity index (χ3n) is 2.63. The van der Waals surface area contributed by atoms with Gasteiger partial charge < -0.3 is 4.42 Å². The number of aromatic nitrogens is 3. The lowest BCUT2D eigenvalue weighted by atomic mass is 10.3. The Morgan fingerprint density at radius 3 is 3.00 bits per heavy atom. The van der Waals surface area contributed by atoms with E-state index in [0.717, 1.165) is 0 Å². The number of anilines is 1. The monoisotopic (exact) mass is 264 g/mol. The van der Waals surface area contributed by atoms with E-state index in [1.165, 1.54) is 4.90 Å². The van der Waals surface area contributed by atoms with Gasteiger partial charge in [-0.05, 0) is 12.1 Å². The molecule has 3 rings (SSSR count). The van der Waals surface area contributed by atoms with E-state index < -0.39 is 0 Å². The van der Waals surface area contributed by atoms with Gasteiger partial charge in [0.1, 0.15) is 0 Å². The Bertz CT molecular complexity index is 571. The van der Waals surface area contributed by atoms with E-state index in [-0.39, 0.29) is 17.3 Å². The van der Waals surface area contributed by atoms with Crippen LogP contribution in [0.5, 0.6) is 0 Å². The zero-order chi connectivity index (χ0) is 12.5. The lowest BCUT2D eigenvalue weighted by Crippen LogP contribution is -2.24. The topological polar surface area (TPSA) is 72.1 Å². The van der Waals surface area contributed by atoms with Crippen molar-refractivity contribution in [3.63, 3.8) is 0 Å². The van der Waals surface area contributed by atoms with Crippen molar-refractivity contribution in [1.82, 2.24) is 15.2 Å². The molecule has 1 atom stereocenters. The van der Waals surface area contributed by atoms with Crippen molar-refractivity contribution in [1.29, 1.82) is 0 Å². The predicted octanol–water partition coefficient (Wildman–Crippen LogP) is 1.48. The molecule has 0 aromatic carbocycles. The fourth-order valence-corrected chi connectivity index (χ4v) is 2.05. The maximum atomic E-state index is 11.6. The molecule has 1 fully saturated rings. The minimum absolute atomic E-state index is 0.101. The first-order valence-electron chi connectivity index (χ1n) is 5.42. The van der Waals surface area contributed by atoms with Gasteiger partial charge in [0.15, 0.2) is 0 Å². The number of halogens is 1. The number of alkyl halides is 1. The van der Waals surface area contributed by atoms with Crippen LogP contribution in [0.25, 0.3) is 11.5 Å². The van der Waals surface area contributed by atoms with Gasteiger partial charge in [0.2, 0.25) is 5.91 Å². The van der Waals surface area contributed by atoms with Crippen LogP contribution in [0, 0.1) is 0 Å². The maximum Gasteiger partial charge on any atom is 0.325 e. The van der Waals surface area contributed by atoms with Gasteiger partial charge in [-0.15, -0.1) is 16.7 Å². The van der Waals surface area contributed by atoms with E-state index in [0.29, 0.717) is 24.4 Å². The zero-order valence-corrected chi connectivity index (χ0v) is 10.0. The molecule has 1 unspecified atom stereocenters. The highest BCUT2D eigenvalue weighted by Gasteiger charge is 2.32. The molecule has 92 valence electrons. The minimum atomic E-state index is -0.203. The van der Waals surface area contributed by atoms with Crippen molar-refractivity contribution in [3.05, 3.63) is 24.5 Å². The van der Waals surface area contributed by atoms with Crippen LogP contribution in [-0.2, 0) is 4.79 Å². The molecule has 18 heavy (non-hydrogen) atoms. The van der Waals surface area contributed by atoms with Crippen molar-refractivity contribution >= 4 is 23.5 Å². The fraction of sp³-hybridized carbons (Fsp3) is 0.273. The summed E-state index contributed by atoms with van der Waals surface area (Å²) in [4.78, 5) is 17.0. The molecule has 6 nitrogen and oxygen atoms in total. The predicted molar refractivity (Wildman–Crippen MR) is 64.1 cm³/mol. The lowest BCUT2D eigenvalue weighted by Gasteiger charge is -2.08. The second-order valence-electron chi connectivity index (χ2n) is 3.94. The number of rotatable bonds is 2. The van der Waals surface area contributed by atoms with Gasteiger partial charge in [-0.2, -0.15) is 0 Å². The highest BCUT2D eigenvalue weighted by atomic mass is 35.5. The van der Waals surface area contributed by atoms with Crippen molar-refractivity contribution in [2.75, 3.05) is 11.4 Å². The standard InChI is InChI=1S/C11H9ClN4O2/c12-8-4-9(17)16(6-8)11-15-14-10(18-11)7-2-1-3-13-5-7/h1-3,5,8H,4,6H2. The number of hydrogen-bond acceptors (Lipinski definition) is 5. The van der Waals surface area contributed by atoms with Crippen LogP contribution in [0.2, 0.25) is 0 Å². The van der Waals surface area contributed by atoms with Crippen molar-refractivity contribution in [2.45, 2.75) is 11.8 Å². The van der Waals surface area contributed by atoms with E-state index in [4.69, 9.17) is 16.0 Å². The largest absolute Gasteiger partial charge is 0.403 e. The van der Waals surface area contributed by atoms with Gasteiger partial charge in [-0.3, -0.25) is 14.7 Å². The quantitative estimate of drug-likeness (QED) is 0.768. The van der Waals surface area contributed by atoms with Crippen LogP contribution in [-0.4, -0.2) is 33.0 Å². The van der Waals surface area contributed by atoms with Gasteiger partial charge in [-0.1, -0.05) is 5.10 Å². The van der Waals surface area contributed by atoms with Crippen molar-refractivity contribution < 1.29 is 9.21 Å². The smallest absolute Gasteiger partial charge is 0.325 e. The van der Waals surface area contributed by atoms with Crippen LogP contribution < -0.4 is 4.90 Å². The molecule has 2 aromatic heterocycles. The maximum absolute atomic E-state index is 11.6. The van der Waals surface area contributed by atoms with E-state index in [9.17, 15) is 4.79 Å². The summed E-state index contributed by atoms with van der Waals surface area (Å²) < 4.78 is 5.46. The summed E-state index contributed by atoms with van der Waals surface area (Å²) in [5.41, 5.74) is 0.713. The summed E-state index contributed by atoms with van der Waals surface area (Å²) in [6.07, 6.45) is 3.57.